The largest absolute Gasteiger partial charge is 0.457 e. The molecule has 0 bridgehead atoms. The van der Waals surface area contributed by atoms with Crippen LogP contribution in [-0.4, -0.2) is 97.0 Å². The van der Waals surface area contributed by atoms with Crippen molar-refractivity contribution in [3.63, 3.8) is 0 Å². The molecule has 2 aliphatic heterocycles. The van der Waals surface area contributed by atoms with Crippen LogP contribution in [0.25, 0.3) is 11.3 Å². The molecule has 0 unspecified atom stereocenters. The Morgan fingerprint density at radius 1 is 1.08 bits per heavy atom. The molecule has 5 atom stereocenters. The number of rotatable bonds is 8. The van der Waals surface area contributed by atoms with Gasteiger partial charge in [0.05, 0.1) is 24.4 Å². The van der Waals surface area contributed by atoms with Gasteiger partial charge in [0.1, 0.15) is 41.4 Å². The summed E-state index contributed by atoms with van der Waals surface area (Å²) in [6.07, 6.45) is -2.57. The summed E-state index contributed by atoms with van der Waals surface area (Å²) in [6.45, 7) is 9.04. The van der Waals surface area contributed by atoms with Crippen molar-refractivity contribution in [3.8, 4) is 11.3 Å². The highest BCUT2D eigenvalue weighted by Crippen LogP contribution is 2.36. The second kappa shape index (κ2) is 14.2. The van der Waals surface area contributed by atoms with E-state index in [9.17, 15) is 33.0 Å². The molecule has 2 N–H and O–H groups in total. The third-order valence-corrected chi connectivity index (χ3v) is 8.32. The number of aliphatic hydroxyl groups excluding tert-OH is 2. The molecule has 0 spiro atoms. The van der Waals surface area contributed by atoms with Gasteiger partial charge in [-0.3, -0.25) is 4.79 Å². The van der Waals surface area contributed by atoms with Crippen LogP contribution < -0.4 is 0 Å². The lowest BCUT2D eigenvalue weighted by molar-refractivity contribution is -0.220. The van der Waals surface area contributed by atoms with E-state index in [1.807, 2.05) is 20.8 Å². The van der Waals surface area contributed by atoms with Gasteiger partial charge >= 0.3 is 12.1 Å². The normalized spacial score (nSPS) is 23.8. The first-order chi connectivity index (χ1) is 22.6. The Morgan fingerprint density at radius 2 is 1.75 bits per heavy atom. The molecule has 5 rings (SSSR count). The molecule has 0 radical (unpaired) electrons. The molecule has 0 aliphatic carbocycles. The van der Waals surface area contributed by atoms with Crippen molar-refractivity contribution in [3.05, 3.63) is 53.3 Å². The average molecular weight is 680 g/mol. The Kier molecular flexibility index (Phi) is 10.5. The van der Waals surface area contributed by atoms with E-state index < -0.39 is 72.0 Å². The average Bonchev–Trinajstić information content (AvgIpc) is 3.70. The van der Waals surface area contributed by atoms with Crippen LogP contribution in [-0.2, 0) is 25.4 Å². The standard InChI is InChI=1S/C32H40F3N5O8/c1-16(2)30(43)46-29-24(13-19-12-23(48-37-19)17-6-8-39(9-7-17)31(44)47-32(3,4)5)45-25(15-41)28(42)27(29)40-14-22(36-38-40)18-10-20(33)26(35)21(34)11-18/h10-12,14,16-17,24-25,27-29,41-42H,6-9,13,15H2,1-5H3/t24-,25-,27+,28+,29+/m1/s1. The fraction of sp³-hybridized carbons (Fsp3) is 0.594. The molecule has 2 aliphatic rings. The molecule has 2 fully saturated rings. The van der Waals surface area contributed by atoms with Crippen molar-refractivity contribution in [2.75, 3.05) is 19.7 Å². The lowest BCUT2D eigenvalue weighted by atomic mass is 9.89. The number of benzene rings is 1. The van der Waals surface area contributed by atoms with Crippen LogP contribution in [0.1, 0.15) is 70.9 Å². The van der Waals surface area contributed by atoms with E-state index in [4.69, 9.17) is 18.7 Å². The summed E-state index contributed by atoms with van der Waals surface area (Å²) in [5.74, 6) is -5.04. The lowest BCUT2D eigenvalue weighted by Crippen LogP contribution is -2.58. The minimum absolute atomic E-state index is 0.0127. The number of nitrogens with zero attached hydrogens (tertiary/aromatic N) is 5. The summed E-state index contributed by atoms with van der Waals surface area (Å²) >= 11 is 0. The fourth-order valence-corrected chi connectivity index (χ4v) is 5.81. The number of halogens is 3. The lowest BCUT2D eigenvalue weighted by Gasteiger charge is -2.43. The number of esters is 1. The maximum Gasteiger partial charge on any atom is 0.410 e. The first kappa shape index (κ1) is 35.3. The summed E-state index contributed by atoms with van der Waals surface area (Å²) in [5.41, 5.74) is -0.301. The number of aromatic nitrogens is 4. The fourth-order valence-electron chi connectivity index (χ4n) is 5.81. The number of amides is 1. The van der Waals surface area contributed by atoms with Crippen LogP contribution in [0, 0.1) is 23.4 Å². The first-order valence-electron chi connectivity index (χ1n) is 15.8. The molecule has 1 aromatic carbocycles. The van der Waals surface area contributed by atoms with Gasteiger partial charge in [-0.25, -0.2) is 22.6 Å². The van der Waals surface area contributed by atoms with E-state index in [-0.39, 0.29) is 29.7 Å². The Morgan fingerprint density at radius 3 is 2.35 bits per heavy atom. The van der Waals surface area contributed by atoms with Gasteiger partial charge < -0.3 is 33.8 Å². The van der Waals surface area contributed by atoms with Crippen molar-refractivity contribution < 1.29 is 51.7 Å². The van der Waals surface area contributed by atoms with E-state index in [1.165, 1.54) is 10.9 Å². The summed E-state index contributed by atoms with van der Waals surface area (Å²) in [4.78, 5) is 27.0. The number of hydrogen-bond acceptors (Lipinski definition) is 11. The van der Waals surface area contributed by atoms with E-state index >= 15 is 0 Å². The van der Waals surface area contributed by atoms with Crippen molar-refractivity contribution in [2.24, 2.45) is 5.92 Å². The highest BCUT2D eigenvalue weighted by molar-refractivity contribution is 5.71. The summed E-state index contributed by atoms with van der Waals surface area (Å²) in [6, 6.07) is 2.11. The number of piperidine rings is 1. The van der Waals surface area contributed by atoms with Gasteiger partial charge in [0.15, 0.2) is 23.6 Å². The number of likely N-dealkylation sites (tertiary alicyclic amines) is 1. The van der Waals surface area contributed by atoms with Crippen molar-refractivity contribution in [1.82, 2.24) is 25.1 Å². The zero-order chi connectivity index (χ0) is 34.9. The Bertz CT molecular complexity index is 1580. The molecular formula is C32H40F3N5O8. The van der Waals surface area contributed by atoms with E-state index in [0.29, 0.717) is 37.4 Å². The van der Waals surface area contributed by atoms with Crippen molar-refractivity contribution in [2.45, 2.75) is 95.9 Å². The predicted molar refractivity (Wildman–Crippen MR) is 161 cm³/mol. The predicted octanol–water partition coefficient (Wildman–Crippen LogP) is 3.94. The molecule has 4 heterocycles. The quantitative estimate of drug-likeness (QED) is 0.262. The molecular weight excluding hydrogens is 639 g/mol. The smallest absolute Gasteiger partial charge is 0.410 e. The van der Waals surface area contributed by atoms with Crippen LogP contribution >= 0.6 is 0 Å². The zero-order valence-electron chi connectivity index (χ0n) is 27.3. The third-order valence-electron chi connectivity index (χ3n) is 8.32. The van der Waals surface area contributed by atoms with Gasteiger partial charge in [0.25, 0.3) is 0 Å². The number of carbonyl (C=O) groups excluding carboxylic acids is 2. The van der Waals surface area contributed by atoms with Gasteiger partial charge in [-0.15, -0.1) is 5.10 Å². The van der Waals surface area contributed by atoms with Gasteiger partial charge in [-0.05, 0) is 45.7 Å². The van der Waals surface area contributed by atoms with Crippen LogP contribution in [0.3, 0.4) is 0 Å². The molecule has 0 saturated carbocycles. The van der Waals surface area contributed by atoms with E-state index in [0.717, 1.165) is 12.1 Å². The maximum absolute atomic E-state index is 14.0. The molecule has 2 saturated heterocycles. The van der Waals surface area contributed by atoms with Gasteiger partial charge in [0, 0.05) is 37.1 Å². The number of carbonyl (C=O) groups is 2. The Hall–Kier alpha value is -4.02. The molecule has 2 aromatic heterocycles. The van der Waals surface area contributed by atoms with Crippen LogP contribution in [0.5, 0.6) is 0 Å². The minimum Gasteiger partial charge on any atom is -0.457 e. The molecule has 262 valence electrons. The number of hydrogen-bond donors (Lipinski definition) is 2. The first-order valence-corrected chi connectivity index (χ1v) is 15.8. The third kappa shape index (κ3) is 7.81. The number of ether oxygens (including phenoxy) is 3. The second-order valence-corrected chi connectivity index (χ2v) is 13.4. The SMILES string of the molecule is CC(C)C(=O)O[C@@H]1[C@@H](n2cc(-c3cc(F)c(F)c(F)c3)nn2)[C@@H](O)[C@@H](CO)O[C@@H]1Cc1cc(C2CCN(C(=O)OC(C)(C)C)CC2)on1. The summed E-state index contributed by atoms with van der Waals surface area (Å²) in [5, 5.41) is 33.6. The molecule has 13 nitrogen and oxygen atoms in total. The van der Waals surface area contributed by atoms with Crippen molar-refractivity contribution in [1.29, 1.82) is 0 Å². The zero-order valence-corrected chi connectivity index (χ0v) is 27.3. The maximum atomic E-state index is 14.0. The number of aliphatic hydroxyl groups is 2. The van der Waals surface area contributed by atoms with Crippen LogP contribution in [0.2, 0.25) is 0 Å². The van der Waals surface area contributed by atoms with Gasteiger partial charge in [0.2, 0.25) is 0 Å². The second-order valence-electron chi connectivity index (χ2n) is 13.4. The highest BCUT2D eigenvalue weighted by Gasteiger charge is 2.49. The van der Waals surface area contributed by atoms with E-state index in [2.05, 4.69) is 15.5 Å². The Balaban J connectivity index is 1.37. The summed E-state index contributed by atoms with van der Waals surface area (Å²) < 4.78 is 65.7. The molecule has 1 amide bonds. The monoisotopic (exact) mass is 679 g/mol. The minimum atomic E-state index is -1.64. The molecule has 3 aromatic rings. The topological polar surface area (TPSA) is 162 Å². The molecule has 48 heavy (non-hydrogen) atoms. The molecule has 16 heteroatoms. The highest BCUT2D eigenvalue weighted by atomic mass is 19.2. The van der Waals surface area contributed by atoms with E-state index in [1.54, 1.807) is 24.8 Å². The van der Waals surface area contributed by atoms with Crippen LogP contribution in [0.4, 0.5) is 18.0 Å². The van der Waals surface area contributed by atoms with Crippen LogP contribution in [0.15, 0.2) is 28.9 Å². The van der Waals surface area contributed by atoms with Gasteiger partial charge in [-0.2, -0.15) is 0 Å². The summed E-state index contributed by atoms with van der Waals surface area (Å²) in [7, 11) is 0. The van der Waals surface area contributed by atoms with Gasteiger partial charge in [-0.1, -0.05) is 24.2 Å². The van der Waals surface area contributed by atoms with Crippen molar-refractivity contribution >= 4 is 12.1 Å². The Labute approximate surface area is 274 Å².